The number of rotatable bonds is 5. The Morgan fingerprint density at radius 1 is 1.14 bits per heavy atom. The fraction of sp³-hybridized carbons (Fsp3) is 0.550. The molecule has 1 unspecified atom stereocenters. The summed E-state index contributed by atoms with van der Waals surface area (Å²) >= 11 is 0. The van der Waals surface area contributed by atoms with Crippen molar-refractivity contribution >= 4 is 5.91 Å². The van der Waals surface area contributed by atoms with Gasteiger partial charge in [0.15, 0.2) is 17.2 Å². The topological polar surface area (TPSA) is 90.3 Å². The van der Waals surface area contributed by atoms with E-state index >= 15 is 0 Å². The summed E-state index contributed by atoms with van der Waals surface area (Å²) < 4.78 is 13.2. The van der Waals surface area contributed by atoms with Gasteiger partial charge in [-0.25, -0.2) is 4.68 Å². The largest absolute Gasteiger partial charge is 0.486 e. The van der Waals surface area contributed by atoms with E-state index < -0.39 is 0 Å². The predicted molar refractivity (Wildman–Crippen MR) is 102 cm³/mol. The average Bonchev–Trinajstić information content (AvgIpc) is 3.47. The summed E-state index contributed by atoms with van der Waals surface area (Å²) in [7, 11) is 0. The Morgan fingerprint density at radius 2 is 1.93 bits per heavy atom. The molecule has 1 aromatic carbocycles. The summed E-state index contributed by atoms with van der Waals surface area (Å²) in [5, 5.41) is 14.8. The van der Waals surface area contributed by atoms with Gasteiger partial charge in [-0.3, -0.25) is 4.79 Å². The molecule has 148 valence electrons. The van der Waals surface area contributed by atoms with Crippen molar-refractivity contribution in [1.82, 2.24) is 25.6 Å². The number of carbonyl (C=O) groups excluding carboxylic acids is 1. The lowest BCUT2D eigenvalue weighted by atomic mass is 10.0. The van der Waals surface area contributed by atoms with Crippen LogP contribution in [0.1, 0.15) is 53.8 Å². The number of piperidine rings is 1. The van der Waals surface area contributed by atoms with Crippen LogP contribution in [0.3, 0.4) is 0 Å². The Morgan fingerprint density at radius 3 is 2.71 bits per heavy atom. The van der Waals surface area contributed by atoms with Crippen LogP contribution in [-0.4, -0.2) is 47.2 Å². The van der Waals surface area contributed by atoms with E-state index in [1.54, 1.807) is 6.20 Å². The highest BCUT2D eigenvalue weighted by molar-refractivity contribution is 5.92. The fourth-order valence-electron chi connectivity index (χ4n) is 4.00. The fourth-order valence-corrected chi connectivity index (χ4v) is 4.00. The van der Waals surface area contributed by atoms with Gasteiger partial charge in [0.1, 0.15) is 13.2 Å². The van der Waals surface area contributed by atoms with Crippen LogP contribution in [0.5, 0.6) is 11.5 Å². The van der Waals surface area contributed by atoms with Gasteiger partial charge in [-0.05, 0) is 62.4 Å². The van der Waals surface area contributed by atoms with Gasteiger partial charge >= 0.3 is 0 Å². The lowest BCUT2D eigenvalue weighted by molar-refractivity contribution is 0.0926. The molecule has 2 aliphatic heterocycles. The molecule has 2 fully saturated rings. The summed E-state index contributed by atoms with van der Waals surface area (Å²) in [5.74, 6) is 1.79. The van der Waals surface area contributed by atoms with Crippen LogP contribution < -0.4 is 20.1 Å². The lowest BCUT2D eigenvalue weighted by Gasteiger charge is -2.23. The van der Waals surface area contributed by atoms with Crippen molar-refractivity contribution in [3.8, 4) is 11.5 Å². The second-order valence-electron chi connectivity index (χ2n) is 7.76. The number of hydrogen-bond acceptors (Lipinski definition) is 6. The minimum absolute atomic E-state index is 0.0487. The molecule has 28 heavy (non-hydrogen) atoms. The number of fused-ring (bicyclic) bond motifs is 1. The van der Waals surface area contributed by atoms with E-state index in [-0.39, 0.29) is 11.9 Å². The molecule has 3 aliphatic rings. The van der Waals surface area contributed by atoms with Crippen molar-refractivity contribution in [2.24, 2.45) is 5.92 Å². The van der Waals surface area contributed by atoms with Gasteiger partial charge in [0.25, 0.3) is 5.91 Å². The quantitative estimate of drug-likeness (QED) is 0.819. The van der Waals surface area contributed by atoms with Crippen molar-refractivity contribution in [1.29, 1.82) is 0 Å². The van der Waals surface area contributed by atoms with Gasteiger partial charge in [0.2, 0.25) is 0 Å². The van der Waals surface area contributed by atoms with Gasteiger partial charge in [-0.1, -0.05) is 11.3 Å². The molecule has 8 nitrogen and oxygen atoms in total. The van der Waals surface area contributed by atoms with Crippen LogP contribution in [0.15, 0.2) is 24.4 Å². The van der Waals surface area contributed by atoms with Crippen LogP contribution in [0.2, 0.25) is 0 Å². The molecule has 1 atom stereocenters. The Labute approximate surface area is 163 Å². The Hall–Kier alpha value is -2.61. The van der Waals surface area contributed by atoms with Gasteiger partial charge in [0, 0.05) is 0 Å². The summed E-state index contributed by atoms with van der Waals surface area (Å²) in [5.41, 5.74) is 1.42. The second-order valence-corrected chi connectivity index (χ2v) is 7.76. The van der Waals surface area contributed by atoms with Crippen LogP contribution in [0.25, 0.3) is 0 Å². The van der Waals surface area contributed by atoms with E-state index in [0.29, 0.717) is 30.9 Å². The average molecular weight is 383 g/mol. The zero-order valence-electron chi connectivity index (χ0n) is 15.8. The smallest absolute Gasteiger partial charge is 0.273 e. The zero-order chi connectivity index (χ0) is 18.9. The maximum absolute atomic E-state index is 12.9. The molecule has 2 aromatic rings. The van der Waals surface area contributed by atoms with E-state index in [9.17, 15) is 4.79 Å². The molecule has 1 amide bonds. The maximum Gasteiger partial charge on any atom is 0.273 e. The molecule has 1 saturated heterocycles. The summed E-state index contributed by atoms with van der Waals surface area (Å²) in [6.07, 6.45) is 6.01. The first-order valence-corrected chi connectivity index (χ1v) is 10.1. The van der Waals surface area contributed by atoms with E-state index in [4.69, 9.17) is 9.47 Å². The molecule has 1 aliphatic carbocycles. The number of hydrogen-bond donors (Lipinski definition) is 2. The molecule has 1 saturated carbocycles. The Kier molecular flexibility index (Phi) is 4.64. The van der Waals surface area contributed by atoms with Crippen molar-refractivity contribution in [2.45, 2.75) is 37.8 Å². The van der Waals surface area contributed by atoms with Crippen LogP contribution in [0, 0.1) is 5.92 Å². The Balaban J connectivity index is 1.32. The number of nitrogens with zero attached hydrogens (tertiary/aromatic N) is 3. The molecule has 0 bridgehead atoms. The SMILES string of the molecule is O=C(NC(c1ccc2c(c1)OCCO2)C1CC1)c1cn(C2CCNCC2)nn1. The van der Waals surface area contributed by atoms with E-state index in [1.165, 1.54) is 0 Å². The standard InChI is InChI=1S/C20H25N5O3/c26-20(16-12-25(24-23-16)15-5-7-21-8-6-15)22-19(13-1-2-13)14-3-4-17-18(11-14)28-10-9-27-17/h3-4,11-13,15,19,21H,1-2,5-10H2,(H,22,26). The minimum Gasteiger partial charge on any atom is -0.486 e. The molecule has 2 N–H and O–H groups in total. The highest BCUT2D eigenvalue weighted by atomic mass is 16.6. The highest BCUT2D eigenvalue weighted by Crippen LogP contribution is 2.43. The molecule has 8 heteroatoms. The minimum atomic E-state index is -0.174. The molecule has 5 rings (SSSR count). The first-order valence-electron chi connectivity index (χ1n) is 10.1. The second kappa shape index (κ2) is 7.43. The molecular weight excluding hydrogens is 358 g/mol. The molecule has 3 heterocycles. The normalized spacial score (nSPS) is 20.6. The third-order valence-corrected chi connectivity index (χ3v) is 5.73. The number of carbonyl (C=O) groups is 1. The first kappa shape index (κ1) is 17.5. The van der Waals surface area contributed by atoms with Crippen molar-refractivity contribution in [3.05, 3.63) is 35.7 Å². The number of benzene rings is 1. The zero-order valence-corrected chi connectivity index (χ0v) is 15.8. The van der Waals surface area contributed by atoms with Gasteiger partial charge in [-0.2, -0.15) is 0 Å². The third kappa shape index (κ3) is 3.56. The van der Waals surface area contributed by atoms with Gasteiger partial charge < -0.3 is 20.1 Å². The van der Waals surface area contributed by atoms with E-state index in [2.05, 4.69) is 20.9 Å². The van der Waals surface area contributed by atoms with Crippen LogP contribution in [0.4, 0.5) is 0 Å². The number of amides is 1. The summed E-state index contributed by atoms with van der Waals surface area (Å²) in [4.78, 5) is 12.9. The number of ether oxygens (including phenoxy) is 2. The first-order chi connectivity index (χ1) is 13.8. The number of nitrogens with one attached hydrogen (secondary N) is 2. The van der Waals surface area contributed by atoms with Crippen LogP contribution in [-0.2, 0) is 0 Å². The van der Waals surface area contributed by atoms with Crippen molar-refractivity contribution < 1.29 is 14.3 Å². The predicted octanol–water partition coefficient (Wildman–Crippen LogP) is 1.85. The van der Waals surface area contributed by atoms with Gasteiger partial charge in [-0.15, -0.1) is 5.10 Å². The Bertz CT molecular complexity index is 857. The third-order valence-electron chi connectivity index (χ3n) is 5.73. The molecule has 1 aromatic heterocycles. The molecule has 0 radical (unpaired) electrons. The van der Waals surface area contributed by atoms with Gasteiger partial charge in [0.05, 0.1) is 18.3 Å². The summed E-state index contributed by atoms with van der Waals surface area (Å²) in [6.45, 7) is 3.07. The van der Waals surface area contributed by atoms with E-state index in [0.717, 1.165) is 55.8 Å². The summed E-state index contributed by atoms with van der Waals surface area (Å²) in [6, 6.07) is 6.20. The van der Waals surface area contributed by atoms with E-state index in [1.807, 2.05) is 22.9 Å². The van der Waals surface area contributed by atoms with Crippen molar-refractivity contribution in [3.63, 3.8) is 0 Å². The van der Waals surface area contributed by atoms with Crippen LogP contribution >= 0.6 is 0 Å². The maximum atomic E-state index is 12.9. The lowest BCUT2D eigenvalue weighted by Crippen LogP contribution is -2.30. The molecule has 0 spiro atoms. The highest BCUT2D eigenvalue weighted by Gasteiger charge is 2.35. The monoisotopic (exact) mass is 383 g/mol. The molecular formula is C20H25N5O3. The van der Waals surface area contributed by atoms with Crippen molar-refractivity contribution in [2.75, 3.05) is 26.3 Å². The number of aromatic nitrogens is 3.